The molecule has 0 bridgehead atoms. The first-order valence-electron chi connectivity index (χ1n) is 8.20. The number of carbonyl (C=O) groups excluding carboxylic acids is 2. The molecule has 0 saturated heterocycles. The molecule has 0 spiro atoms. The number of thioether (sulfide) groups is 1. The predicted molar refractivity (Wildman–Crippen MR) is 114 cm³/mol. The van der Waals surface area contributed by atoms with E-state index in [0.29, 0.717) is 23.0 Å². The molecule has 3 N–H and O–H groups in total. The van der Waals surface area contributed by atoms with Crippen molar-refractivity contribution in [2.45, 2.75) is 11.8 Å². The number of benzene rings is 2. The van der Waals surface area contributed by atoms with E-state index in [1.807, 2.05) is 12.1 Å². The summed E-state index contributed by atoms with van der Waals surface area (Å²) in [5.74, 6) is -0.127. The second-order valence-electron chi connectivity index (χ2n) is 5.87. The van der Waals surface area contributed by atoms with Crippen molar-refractivity contribution >= 4 is 56.6 Å². The van der Waals surface area contributed by atoms with Gasteiger partial charge in [0.15, 0.2) is 0 Å². The van der Waals surface area contributed by atoms with E-state index in [0.717, 1.165) is 11.2 Å². The number of hydrogen-bond acceptors (Lipinski definition) is 5. The summed E-state index contributed by atoms with van der Waals surface area (Å²) in [5, 5.41) is 5.98. The zero-order valence-electron chi connectivity index (χ0n) is 15.3. The van der Waals surface area contributed by atoms with Gasteiger partial charge in [-0.25, -0.2) is 8.42 Å². The summed E-state index contributed by atoms with van der Waals surface area (Å²) in [6.07, 6.45) is 0.999. The summed E-state index contributed by atoms with van der Waals surface area (Å²) >= 11 is 7.40. The lowest BCUT2D eigenvalue weighted by Crippen LogP contribution is -2.27. The summed E-state index contributed by atoms with van der Waals surface area (Å²) in [6.45, 7) is 1.71. The molecular weight excluding hydrogens is 422 g/mol. The lowest BCUT2D eigenvalue weighted by Gasteiger charge is -2.13. The van der Waals surface area contributed by atoms with Crippen LogP contribution in [-0.2, 0) is 14.8 Å². The fraction of sp³-hybridized carbons (Fsp3) is 0.222. The Kier molecular flexibility index (Phi) is 7.73. The van der Waals surface area contributed by atoms with Crippen molar-refractivity contribution in [3.05, 3.63) is 53.1 Å². The van der Waals surface area contributed by atoms with Gasteiger partial charge in [0.2, 0.25) is 15.9 Å². The number of nitrogens with one attached hydrogen (secondary N) is 3. The standard InChI is InChI=1S/C18H20ClN3O4S2/c1-12(23)21-14-5-8-17(22-28(2,25)26)16(11-14)18(24)20-9-10-27-15-6-3-13(19)4-7-15/h3-8,11,22H,9-10H2,1-2H3,(H,20,24)(H,21,23). The van der Waals surface area contributed by atoms with Gasteiger partial charge in [-0.05, 0) is 42.5 Å². The van der Waals surface area contributed by atoms with Crippen LogP contribution < -0.4 is 15.4 Å². The molecule has 28 heavy (non-hydrogen) atoms. The van der Waals surface area contributed by atoms with Crippen molar-refractivity contribution in [3.63, 3.8) is 0 Å². The van der Waals surface area contributed by atoms with E-state index in [-0.39, 0.29) is 17.2 Å². The van der Waals surface area contributed by atoms with Crippen LogP contribution in [0.5, 0.6) is 0 Å². The molecule has 0 fully saturated rings. The summed E-state index contributed by atoms with van der Waals surface area (Å²) in [7, 11) is -3.57. The highest BCUT2D eigenvalue weighted by atomic mass is 35.5. The molecule has 0 aliphatic carbocycles. The van der Waals surface area contributed by atoms with Crippen LogP contribution in [-0.4, -0.2) is 38.8 Å². The number of halogens is 1. The minimum atomic E-state index is -3.57. The molecule has 2 aromatic carbocycles. The molecule has 0 aliphatic rings. The molecule has 0 radical (unpaired) electrons. The molecule has 2 rings (SSSR count). The molecule has 0 saturated carbocycles. The summed E-state index contributed by atoms with van der Waals surface area (Å²) in [6, 6.07) is 11.7. The first-order valence-corrected chi connectivity index (χ1v) is 11.5. The first-order chi connectivity index (χ1) is 13.1. The maximum absolute atomic E-state index is 12.6. The number of carbonyl (C=O) groups is 2. The third-order valence-corrected chi connectivity index (χ3v) is 5.21. The highest BCUT2D eigenvalue weighted by Gasteiger charge is 2.15. The molecule has 0 unspecified atom stereocenters. The lowest BCUT2D eigenvalue weighted by atomic mass is 10.1. The number of sulfonamides is 1. The topological polar surface area (TPSA) is 104 Å². The molecule has 2 aromatic rings. The van der Waals surface area contributed by atoms with Gasteiger partial charge in [-0.2, -0.15) is 0 Å². The Balaban J connectivity index is 2.05. The van der Waals surface area contributed by atoms with Crippen LogP contribution in [0.1, 0.15) is 17.3 Å². The van der Waals surface area contributed by atoms with E-state index < -0.39 is 15.9 Å². The highest BCUT2D eigenvalue weighted by molar-refractivity contribution is 7.99. The quantitative estimate of drug-likeness (QED) is 0.431. The Hall–Kier alpha value is -2.23. The van der Waals surface area contributed by atoms with Gasteiger partial charge in [0.05, 0.1) is 17.5 Å². The third-order valence-electron chi connectivity index (χ3n) is 3.35. The Labute approximate surface area is 173 Å². The van der Waals surface area contributed by atoms with Crippen molar-refractivity contribution in [2.24, 2.45) is 0 Å². The molecule has 0 atom stereocenters. The summed E-state index contributed by atoms with van der Waals surface area (Å²) < 4.78 is 25.4. The summed E-state index contributed by atoms with van der Waals surface area (Å²) in [4.78, 5) is 24.8. The van der Waals surface area contributed by atoms with Crippen LogP contribution in [0.4, 0.5) is 11.4 Å². The van der Waals surface area contributed by atoms with Crippen LogP contribution in [0.2, 0.25) is 5.02 Å². The van der Waals surface area contributed by atoms with Gasteiger partial charge in [-0.3, -0.25) is 14.3 Å². The minimum Gasteiger partial charge on any atom is -0.351 e. The average molecular weight is 442 g/mol. The molecule has 150 valence electrons. The summed E-state index contributed by atoms with van der Waals surface area (Å²) in [5.41, 5.74) is 0.653. The predicted octanol–water partition coefficient (Wildman–Crippen LogP) is 3.19. The maximum atomic E-state index is 12.6. The molecule has 0 heterocycles. The maximum Gasteiger partial charge on any atom is 0.253 e. The first kappa shape index (κ1) is 22.1. The fourth-order valence-corrected chi connectivity index (χ4v) is 3.73. The van der Waals surface area contributed by atoms with Crippen molar-refractivity contribution < 1.29 is 18.0 Å². The second-order valence-corrected chi connectivity index (χ2v) is 9.23. The van der Waals surface area contributed by atoms with E-state index in [1.54, 1.807) is 23.9 Å². The van der Waals surface area contributed by atoms with Crippen LogP contribution in [0.25, 0.3) is 0 Å². The Morgan fingerprint density at radius 2 is 1.79 bits per heavy atom. The average Bonchev–Trinajstić information content (AvgIpc) is 2.59. The molecule has 0 aliphatic heterocycles. The largest absolute Gasteiger partial charge is 0.351 e. The van der Waals surface area contributed by atoms with E-state index in [4.69, 9.17) is 11.6 Å². The Morgan fingerprint density at radius 1 is 1.11 bits per heavy atom. The van der Waals surface area contributed by atoms with E-state index in [1.165, 1.54) is 25.1 Å². The van der Waals surface area contributed by atoms with Gasteiger partial charge in [-0.1, -0.05) is 11.6 Å². The Morgan fingerprint density at radius 3 is 2.39 bits per heavy atom. The van der Waals surface area contributed by atoms with Gasteiger partial charge in [-0.15, -0.1) is 11.8 Å². The van der Waals surface area contributed by atoms with Crippen LogP contribution in [0.3, 0.4) is 0 Å². The minimum absolute atomic E-state index is 0.119. The van der Waals surface area contributed by atoms with Crippen molar-refractivity contribution in [1.82, 2.24) is 5.32 Å². The van der Waals surface area contributed by atoms with Crippen LogP contribution >= 0.6 is 23.4 Å². The number of rotatable bonds is 8. The zero-order valence-corrected chi connectivity index (χ0v) is 17.7. The number of hydrogen-bond donors (Lipinski definition) is 3. The molecule has 10 heteroatoms. The van der Waals surface area contributed by atoms with Gasteiger partial charge in [0.1, 0.15) is 0 Å². The number of amides is 2. The second kappa shape index (κ2) is 9.81. The third kappa shape index (κ3) is 7.41. The molecule has 0 aromatic heterocycles. The van der Waals surface area contributed by atoms with E-state index >= 15 is 0 Å². The molecule has 7 nitrogen and oxygen atoms in total. The van der Waals surface area contributed by atoms with Crippen molar-refractivity contribution in [1.29, 1.82) is 0 Å². The SMILES string of the molecule is CC(=O)Nc1ccc(NS(C)(=O)=O)c(C(=O)NCCSc2ccc(Cl)cc2)c1. The Bertz CT molecular complexity index is 963. The van der Waals surface area contributed by atoms with Gasteiger partial charge >= 0.3 is 0 Å². The van der Waals surface area contributed by atoms with Gasteiger partial charge in [0, 0.05) is 34.8 Å². The molecular formula is C18H20ClN3O4S2. The van der Waals surface area contributed by atoms with Crippen LogP contribution in [0, 0.1) is 0 Å². The van der Waals surface area contributed by atoms with Gasteiger partial charge < -0.3 is 10.6 Å². The highest BCUT2D eigenvalue weighted by Crippen LogP contribution is 2.22. The number of anilines is 2. The fourth-order valence-electron chi connectivity index (χ4n) is 2.26. The normalized spacial score (nSPS) is 11.0. The zero-order chi connectivity index (χ0) is 20.7. The molecule has 2 amide bonds. The van der Waals surface area contributed by atoms with Crippen LogP contribution in [0.15, 0.2) is 47.4 Å². The van der Waals surface area contributed by atoms with E-state index in [9.17, 15) is 18.0 Å². The van der Waals surface area contributed by atoms with E-state index in [2.05, 4.69) is 15.4 Å². The smallest absolute Gasteiger partial charge is 0.253 e. The van der Waals surface area contributed by atoms with Crippen molar-refractivity contribution in [3.8, 4) is 0 Å². The van der Waals surface area contributed by atoms with Crippen molar-refractivity contribution in [2.75, 3.05) is 28.6 Å². The lowest BCUT2D eigenvalue weighted by molar-refractivity contribution is -0.114. The van der Waals surface area contributed by atoms with Gasteiger partial charge in [0.25, 0.3) is 5.91 Å². The monoisotopic (exact) mass is 441 g/mol.